The van der Waals surface area contributed by atoms with Crippen LogP contribution in [0.25, 0.3) is 11.3 Å². The van der Waals surface area contributed by atoms with E-state index in [2.05, 4.69) is 5.10 Å². The van der Waals surface area contributed by atoms with Crippen molar-refractivity contribution >= 4 is 17.5 Å². The van der Waals surface area contributed by atoms with Crippen LogP contribution in [0.2, 0.25) is 0 Å². The summed E-state index contributed by atoms with van der Waals surface area (Å²) in [5.74, 6) is -0.569. The highest BCUT2D eigenvalue weighted by molar-refractivity contribution is 6.34. The molecule has 0 spiro atoms. The minimum absolute atomic E-state index is 0.284. The van der Waals surface area contributed by atoms with Gasteiger partial charge in [0.2, 0.25) is 0 Å². The van der Waals surface area contributed by atoms with Crippen LogP contribution in [0.15, 0.2) is 60.8 Å². The number of rotatable bonds is 2. The molecule has 5 heteroatoms. The molecule has 0 saturated carbocycles. The zero-order valence-electron chi connectivity index (χ0n) is 12.4. The zero-order chi connectivity index (χ0) is 16.0. The Labute approximate surface area is 132 Å². The first-order valence-corrected chi connectivity index (χ1v) is 7.23. The molecule has 1 aromatic heterocycles. The summed E-state index contributed by atoms with van der Waals surface area (Å²) in [5, 5.41) is 4.15. The van der Waals surface area contributed by atoms with Gasteiger partial charge in [0.25, 0.3) is 11.8 Å². The molecule has 0 aliphatic carbocycles. The van der Waals surface area contributed by atoms with Gasteiger partial charge in [0.05, 0.1) is 22.5 Å². The standard InChI is InChI=1S/C18H13N3O2/c1-20-16(9-10-19-20)12-5-4-6-13(11-12)21-17(22)14-7-2-3-8-15(14)18(21)23/h2-11H,1H3. The molecule has 0 N–H and O–H groups in total. The van der Waals surface area contributed by atoms with Crippen LogP contribution >= 0.6 is 0 Å². The lowest BCUT2D eigenvalue weighted by molar-refractivity contribution is 0.0926. The van der Waals surface area contributed by atoms with Crippen molar-refractivity contribution in [1.29, 1.82) is 0 Å². The third-order valence-electron chi connectivity index (χ3n) is 4.02. The van der Waals surface area contributed by atoms with E-state index < -0.39 is 0 Å². The van der Waals surface area contributed by atoms with Gasteiger partial charge in [0.15, 0.2) is 0 Å². The maximum atomic E-state index is 12.6. The molecule has 2 aromatic carbocycles. The number of fused-ring (bicyclic) bond motifs is 1. The summed E-state index contributed by atoms with van der Waals surface area (Å²) in [6.07, 6.45) is 1.71. The number of hydrogen-bond acceptors (Lipinski definition) is 3. The molecule has 5 nitrogen and oxygen atoms in total. The summed E-state index contributed by atoms with van der Waals surface area (Å²) in [6.45, 7) is 0. The number of hydrogen-bond donors (Lipinski definition) is 0. The van der Waals surface area contributed by atoms with Gasteiger partial charge in [-0.2, -0.15) is 5.10 Å². The third kappa shape index (κ3) is 1.97. The first kappa shape index (κ1) is 13.5. The SMILES string of the molecule is Cn1nccc1-c1cccc(N2C(=O)c3ccccc3C2=O)c1. The van der Waals surface area contributed by atoms with Crippen LogP contribution in [-0.2, 0) is 7.05 Å². The Bertz CT molecular complexity index is 908. The van der Waals surface area contributed by atoms with E-state index in [-0.39, 0.29) is 11.8 Å². The van der Waals surface area contributed by atoms with E-state index in [1.807, 2.05) is 31.3 Å². The van der Waals surface area contributed by atoms with E-state index in [4.69, 9.17) is 0 Å². The lowest BCUT2D eigenvalue weighted by Crippen LogP contribution is -2.29. The number of aromatic nitrogens is 2. The zero-order valence-corrected chi connectivity index (χ0v) is 12.4. The average molecular weight is 303 g/mol. The lowest BCUT2D eigenvalue weighted by atomic mass is 10.1. The van der Waals surface area contributed by atoms with Crippen LogP contribution in [0.4, 0.5) is 5.69 Å². The number of imide groups is 1. The third-order valence-corrected chi connectivity index (χ3v) is 4.02. The highest BCUT2D eigenvalue weighted by Crippen LogP contribution is 2.30. The van der Waals surface area contributed by atoms with Crippen LogP contribution in [0.5, 0.6) is 0 Å². The molecule has 0 unspecified atom stereocenters. The Morgan fingerprint density at radius 2 is 1.57 bits per heavy atom. The van der Waals surface area contributed by atoms with Crippen LogP contribution in [0.3, 0.4) is 0 Å². The summed E-state index contributed by atoms with van der Waals surface area (Å²) < 4.78 is 1.75. The molecular weight excluding hydrogens is 290 g/mol. The maximum absolute atomic E-state index is 12.6. The monoisotopic (exact) mass is 303 g/mol. The van der Waals surface area contributed by atoms with E-state index in [1.54, 1.807) is 41.2 Å². The summed E-state index contributed by atoms with van der Waals surface area (Å²) in [7, 11) is 1.85. The predicted molar refractivity (Wildman–Crippen MR) is 86.2 cm³/mol. The van der Waals surface area contributed by atoms with Gasteiger partial charge >= 0.3 is 0 Å². The van der Waals surface area contributed by atoms with Crippen molar-refractivity contribution < 1.29 is 9.59 Å². The second-order valence-corrected chi connectivity index (χ2v) is 5.38. The smallest absolute Gasteiger partial charge is 0.266 e. The van der Waals surface area contributed by atoms with Crippen LogP contribution in [-0.4, -0.2) is 21.6 Å². The molecule has 112 valence electrons. The Hall–Kier alpha value is -3.21. The van der Waals surface area contributed by atoms with Gasteiger partial charge in [-0.15, -0.1) is 0 Å². The summed E-state index contributed by atoms with van der Waals surface area (Å²) in [4.78, 5) is 26.3. The molecule has 3 aromatic rings. The summed E-state index contributed by atoms with van der Waals surface area (Å²) in [6, 6.07) is 16.1. The number of nitrogens with zero attached hydrogens (tertiary/aromatic N) is 3. The minimum Gasteiger partial charge on any atom is -0.268 e. The number of benzene rings is 2. The van der Waals surface area contributed by atoms with Crippen molar-refractivity contribution in [2.75, 3.05) is 4.90 Å². The highest BCUT2D eigenvalue weighted by Gasteiger charge is 2.36. The highest BCUT2D eigenvalue weighted by atomic mass is 16.2. The summed E-state index contributed by atoms with van der Waals surface area (Å²) >= 11 is 0. The molecule has 0 radical (unpaired) electrons. The Morgan fingerprint density at radius 3 is 2.17 bits per heavy atom. The van der Waals surface area contributed by atoms with E-state index in [1.165, 1.54) is 4.90 Å². The van der Waals surface area contributed by atoms with Crippen molar-refractivity contribution in [1.82, 2.24) is 9.78 Å². The molecule has 2 heterocycles. The normalized spacial score (nSPS) is 13.5. The fourth-order valence-corrected chi connectivity index (χ4v) is 2.89. The van der Waals surface area contributed by atoms with Gasteiger partial charge in [-0.1, -0.05) is 24.3 Å². The Kier molecular flexibility index (Phi) is 2.87. The van der Waals surface area contributed by atoms with Crippen molar-refractivity contribution in [3.8, 4) is 11.3 Å². The minimum atomic E-state index is -0.284. The van der Waals surface area contributed by atoms with Gasteiger partial charge in [-0.25, -0.2) is 4.90 Å². The number of carbonyl (C=O) groups excluding carboxylic acids is 2. The fourth-order valence-electron chi connectivity index (χ4n) is 2.89. The van der Waals surface area contributed by atoms with E-state index in [9.17, 15) is 9.59 Å². The molecule has 1 aliphatic rings. The van der Waals surface area contributed by atoms with E-state index in [0.29, 0.717) is 16.8 Å². The first-order valence-electron chi connectivity index (χ1n) is 7.23. The number of aryl methyl sites for hydroxylation is 1. The van der Waals surface area contributed by atoms with Crippen molar-refractivity contribution in [2.24, 2.45) is 7.05 Å². The van der Waals surface area contributed by atoms with Crippen LogP contribution in [0.1, 0.15) is 20.7 Å². The largest absolute Gasteiger partial charge is 0.268 e. The van der Waals surface area contributed by atoms with Gasteiger partial charge < -0.3 is 0 Å². The van der Waals surface area contributed by atoms with Gasteiger partial charge in [0.1, 0.15) is 0 Å². The quantitative estimate of drug-likeness (QED) is 0.684. The van der Waals surface area contributed by atoms with Crippen molar-refractivity contribution in [2.45, 2.75) is 0 Å². The van der Waals surface area contributed by atoms with Gasteiger partial charge in [-0.05, 0) is 30.3 Å². The second kappa shape index (κ2) is 4.91. The second-order valence-electron chi connectivity index (χ2n) is 5.38. The van der Waals surface area contributed by atoms with E-state index >= 15 is 0 Å². The van der Waals surface area contributed by atoms with Gasteiger partial charge in [-0.3, -0.25) is 14.3 Å². The fraction of sp³-hybridized carbons (Fsp3) is 0.0556. The van der Waals surface area contributed by atoms with E-state index in [0.717, 1.165) is 11.3 Å². The first-order chi connectivity index (χ1) is 11.2. The van der Waals surface area contributed by atoms with Crippen LogP contribution in [0, 0.1) is 0 Å². The lowest BCUT2D eigenvalue weighted by Gasteiger charge is -2.15. The predicted octanol–water partition coefficient (Wildman–Crippen LogP) is 2.89. The molecule has 0 saturated heterocycles. The maximum Gasteiger partial charge on any atom is 0.266 e. The molecule has 0 fully saturated rings. The van der Waals surface area contributed by atoms with Crippen LogP contribution < -0.4 is 4.90 Å². The number of anilines is 1. The molecule has 4 rings (SSSR count). The molecule has 0 bridgehead atoms. The Balaban J connectivity index is 1.80. The number of carbonyl (C=O) groups is 2. The molecule has 0 atom stereocenters. The van der Waals surface area contributed by atoms with Crippen molar-refractivity contribution in [3.05, 3.63) is 71.9 Å². The number of amides is 2. The molecule has 2 amide bonds. The molecule has 23 heavy (non-hydrogen) atoms. The molecule has 1 aliphatic heterocycles. The summed E-state index contributed by atoms with van der Waals surface area (Å²) in [5.41, 5.74) is 3.28. The Morgan fingerprint density at radius 1 is 0.870 bits per heavy atom. The van der Waals surface area contributed by atoms with Gasteiger partial charge in [0, 0.05) is 18.8 Å². The molecular formula is C18H13N3O2. The van der Waals surface area contributed by atoms with Crippen molar-refractivity contribution in [3.63, 3.8) is 0 Å². The average Bonchev–Trinajstić information content (AvgIpc) is 3.11. The topological polar surface area (TPSA) is 55.2 Å².